The summed E-state index contributed by atoms with van der Waals surface area (Å²) in [4.78, 5) is 0. The predicted molar refractivity (Wildman–Crippen MR) is 37.3 cm³/mol. The predicted octanol–water partition coefficient (Wildman–Crippen LogP) is 0.509. The van der Waals surface area contributed by atoms with Crippen molar-refractivity contribution < 1.29 is 5.11 Å². The van der Waals surface area contributed by atoms with E-state index in [2.05, 4.69) is 5.32 Å². The van der Waals surface area contributed by atoms with Crippen LogP contribution in [0.15, 0.2) is 0 Å². The van der Waals surface area contributed by atoms with Gasteiger partial charge in [0.2, 0.25) is 0 Å². The Kier molecular flexibility index (Phi) is 2.49. The number of nitrogens with one attached hydrogen (secondary N) is 1. The maximum atomic E-state index is 8.97. The third-order valence-corrected chi connectivity index (χ3v) is 1.79. The summed E-state index contributed by atoms with van der Waals surface area (Å²) in [5.41, 5.74) is 0. The molecule has 2 N–H and O–H groups in total. The van der Waals surface area contributed by atoms with Gasteiger partial charge in [-0.15, -0.1) is 0 Å². The van der Waals surface area contributed by atoms with Crippen molar-refractivity contribution in [2.24, 2.45) is 0 Å². The highest BCUT2D eigenvalue weighted by atomic mass is 16.3. The molecule has 9 heavy (non-hydrogen) atoms. The van der Waals surface area contributed by atoms with Crippen LogP contribution in [-0.4, -0.2) is 23.8 Å². The standard InChI is InChI=1S/C7H15NO/c1-6(9)5-7-3-2-4-8-7/h6-9H,2-5H2,1H3/t6-,7+/m0/s1. The Balaban J connectivity index is 2.11. The van der Waals surface area contributed by atoms with Crippen molar-refractivity contribution in [3.05, 3.63) is 0 Å². The average molecular weight is 129 g/mol. The van der Waals surface area contributed by atoms with Crippen molar-refractivity contribution in [2.75, 3.05) is 6.54 Å². The smallest absolute Gasteiger partial charge is 0.0526 e. The SMILES string of the molecule is C[C@H](O)C[C@H]1CCCN1. The minimum absolute atomic E-state index is 0.138. The molecule has 0 radical (unpaired) electrons. The molecule has 1 saturated heterocycles. The van der Waals surface area contributed by atoms with Gasteiger partial charge in [0.05, 0.1) is 6.10 Å². The topological polar surface area (TPSA) is 32.3 Å². The van der Waals surface area contributed by atoms with Crippen molar-refractivity contribution in [1.82, 2.24) is 5.32 Å². The summed E-state index contributed by atoms with van der Waals surface area (Å²) in [6, 6.07) is 0.588. The first-order valence-corrected chi connectivity index (χ1v) is 3.70. The molecule has 1 heterocycles. The first kappa shape index (κ1) is 7.03. The third-order valence-electron chi connectivity index (χ3n) is 1.79. The molecule has 0 aromatic carbocycles. The van der Waals surface area contributed by atoms with Crippen LogP contribution in [0.5, 0.6) is 0 Å². The molecule has 0 saturated carbocycles. The summed E-state index contributed by atoms with van der Waals surface area (Å²) in [6.07, 6.45) is 3.29. The lowest BCUT2D eigenvalue weighted by Crippen LogP contribution is -2.25. The molecule has 1 fully saturated rings. The number of aliphatic hydroxyl groups excluding tert-OH is 1. The van der Waals surface area contributed by atoms with E-state index < -0.39 is 0 Å². The fourth-order valence-electron chi connectivity index (χ4n) is 1.37. The molecule has 1 aliphatic heterocycles. The van der Waals surface area contributed by atoms with E-state index in [4.69, 9.17) is 5.11 Å². The molecule has 0 unspecified atom stereocenters. The Morgan fingerprint density at radius 1 is 1.78 bits per heavy atom. The zero-order valence-corrected chi connectivity index (χ0v) is 5.93. The monoisotopic (exact) mass is 129 g/mol. The lowest BCUT2D eigenvalue weighted by molar-refractivity contribution is 0.171. The second kappa shape index (κ2) is 3.18. The Morgan fingerprint density at radius 2 is 2.56 bits per heavy atom. The van der Waals surface area contributed by atoms with Crippen LogP contribution >= 0.6 is 0 Å². The van der Waals surface area contributed by atoms with Crippen LogP contribution in [0, 0.1) is 0 Å². The summed E-state index contributed by atoms with van der Waals surface area (Å²) in [7, 11) is 0. The van der Waals surface area contributed by atoms with E-state index in [9.17, 15) is 0 Å². The van der Waals surface area contributed by atoms with Gasteiger partial charge < -0.3 is 10.4 Å². The van der Waals surface area contributed by atoms with Gasteiger partial charge in [-0.05, 0) is 32.7 Å². The van der Waals surface area contributed by atoms with E-state index >= 15 is 0 Å². The maximum Gasteiger partial charge on any atom is 0.0526 e. The van der Waals surface area contributed by atoms with Crippen LogP contribution in [0.2, 0.25) is 0 Å². The summed E-state index contributed by atoms with van der Waals surface area (Å²) < 4.78 is 0. The lowest BCUT2D eigenvalue weighted by Gasteiger charge is -2.10. The molecular weight excluding hydrogens is 114 g/mol. The Labute approximate surface area is 56.3 Å². The largest absolute Gasteiger partial charge is 0.393 e. The second-order valence-corrected chi connectivity index (χ2v) is 2.88. The number of hydrogen-bond acceptors (Lipinski definition) is 2. The highest BCUT2D eigenvalue weighted by molar-refractivity contribution is 4.75. The third kappa shape index (κ3) is 2.33. The van der Waals surface area contributed by atoms with Crippen molar-refractivity contribution >= 4 is 0 Å². The zero-order valence-electron chi connectivity index (χ0n) is 5.93. The summed E-state index contributed by atoms with van der Waals surface area (Å²) >= 11 is 0. The molecule has 0 aromatic rings. The van der Waals surface area contributed by atoms with Gasteiger partial charge in [0, 0.05) is 6.04 Å². The fraction of sp³-hybridized carbons (Fsp3) is 1.00. The molecule has 2 nitrogen and oxygen atoms in total. The summed E-state index contributed by atoms with van der Waals surface area (Å²) in [5, 5.41) is 12.3. The molecule has 1 aliphatic rings. The molecular formula is C7H15NO. The van der Waals surface area contributed by atoms with Gasteiger partial charge in [-0.3, -0.25) is 0 Å². The van der Waals surface area contributed by atoms with Gasteiger partial charge in [-0.2, -0.15) is 0 Å². The van der Waals surface area contributed by atoms with Crippen LogP contribution in [0.25, 0.3) is 0 Å². The van der Waals surface area contributed by atoms with Crippen molar-refractivity contribution in [2.45, 2.75) is 38.3 Å². The van der Waals surface area contributed by atoms with Gasteiger partial charge in [-0.1, -0.05) is 0 Å². The highest BCUT2D eigenvalue weighted by Gasteiger charge is 2.14. The minimum Gasteiger partial charge on any atom is -0.393 e. The first-order chi connectivity index (χ1) is 4.29. The van der Waals surface area contributed by atoms with Crippen molar-refractivity contribution in [1.29, 1.82) is 0 Å². The average Bonchev–Trinajstić information content (AvgIpc) is 2.15. The van der Waals surface area contributed by atoms with Gasteiger partial charge in [0.25, 0.3) is 0 Å². The van der Waals surface area contributed by atoms with Crippen LogP contribution in [0.4, 0.5) is 0 Å². The molecule has 1 rings (SSSR count). The molecule has 0 spiro atoms. The molecule has 0 bridgehead atoms. The molecule has 2 heteroatoms. The van der Waals surface area contributed by atoms with E-state index in [1.165, 1.54) is 12.8 Å². The second-order valence-electron chi connectivity index (χ2n) is 2.88. The summed E-state index contributed by atoms with van der Waals surface area (Å²) in [5.74, 6) is 0. The van der Waals surface area contributed by atoms with Gasteiger partial charge in [-0.25, -0.2) is 0 Å². The van der Waals surface area contributed by atoms with E-state index in [1.807, 2.05) is 6.92 Å². The normalized spacial score (nSPS) is 30.7. The van der Waals surface area contributed by atoms with E-state index in [0.29, 0.717) is 6.04 Å². The van der Waals surface area contributed by atoms with Crippen LogP contribution in [0.1, 0.15) is 26.2 Å². The zero-order chi connectivity index (χ0) is 6.69. The minimum atomic E-state index is -0.138. The van der Waals surface area contributed by atoms with Crippen molar-refractivity contribution in [3.63, 3.8) is 0 Å². The fourth-order valence-corrected chi connectivity index (χ4v) is 1.37. The van der Waals surface area contributed by atoms with Gasteiger partial charge >= 0.3 is 0 Å². The van der Waals surface area contributed by atoms with Crippen LogP contribution < -0.4 is 5.32 Å². The Morgan fingerprint density at radius 3 is 3.00 bits per heavy atom. The molecule has 0 amide bonds. The number of aliphatic hydroxyl groups is 1. The van der Waals surface area contributed by atoms with Gasteiger partial charge in [0.15, 0.2) is 0 Å². The Bertz CT molecular complexity index is 77.0. The van der Waals surface area contributed by atoms with E-state index in [1.54, 1.807) is 0 Å². The van der Waals surface area contributed by atoms with Crippen LogP contribution in [0.3, 0.4) is 0 Å². The number of rotatable bonds is 2. The van der Waals surface area contributed by atoms with Gasteiger partial charge in [0.1, 0.15) is 0 Å². The molecule has 2 atom stereocenters. The highest BCUT2D eigenvalue weighted by Crippen LogP contribution is 2.09. The Hall–Kier alpha value is -0.0800. The first-order valence-electron chi connectivity index (χ1n) is 3.70. The van der Waals surface area contributed by atoms with E-state index in [0.717, 1.165) is 13.0 Å². The molecule has 0 aromatic heterocycles. The maximum absolute atomic E-state index is 8.97. The summed E-state index contributed by atoms with van der Waals surface area (Å²) in [6.45, 7) is 2.98. The number of hydrogen-bond donors (Lipinski definition) is 2. The lowest BCUT2D eigenvalue weighted by atomic mass is 10.1. The van der Waals surface area contributed by atoms with Crippen LogP contribution in [-0.2, 0) is 0 Å². The molecule has 0 aliphatic carbocycles. The molecule has 54 valence electrons. The van der Waals surface area contributed by atoms with Crippen molar-refractivity contribution in [3.8, 4) is 0 Å². The quantitative estimate of drug-likeness (QED) is 0.569. The van der Waals surface area contributed by atoms with E-state index in [-0.39, 0.29) is 6.10 Å².